The van der Waals surface area contributed by atoms with Crippen molar-refractivity contribution in [1.29, 1.82) is 0 Å². The standard InChI is InChI=1S/C16H18N4O2.Ce.3ClH/c17-13-7-3-1-5-11(13)15(21)19-9-10-20-16(22)12-6-2-4-8-14(12)18;;;;/h1-8H,9-10,17-18H2,(H,19,21)(H,20,22);;3*1H/q;+3;;;/p-3. The van der Waals surface area contributed by atoms with E-state index in [0.717, 1.165) is 0 Å². The fourth-order valence-electron chi connectivity index (χ4n) is 1.95. The van der Waals surface area contributed by atoms with Gasteiger partial charge in [-0.2, -0.15) is 0 Å². The maximum absolute atomic E-state index is 11.9. The molecule has 0 unspecified atom stereocenters. The van der Waals surface area contributed by atoms with E-state index >= 15 is 0 Å². The fourth-order valence-corrected chi connectivity index (χ4v) is 1.95. The Balaban J connectivity index is 0.000000765. The maximum atomic E-state index is 11.9. The average molecular weight is 545 g/mol. The van der Waals surface area contributed by atoms with Gasteiger partial charge in [0.2, 0.25) is 0 Å². The monoisotopic (exact) mass is 543 g/mol. The minimum absolute atomic E-state index is 0.272. The number of nitrogens with one attached hydrogen (secondary N) is 2. The second-order valence-corrected chi connectivity index (χ2v) is 18.7. The Kier molecular flexibility index (Phi) is 11.3. The van der Waals surface area contributed by atoms with Gasteiger partial charge in [-0.3, -0.25) is 9.59 Å². The number of hydrogen-bond donors (Lipinski definition) is 4. The molecule has 0 heterocycles. The van der Waals surface area contributed by atoms with Crippen molar-refractivity contribution in [1.82, 2.24) is 10.6 Å². The normalized spacial score (nSPS) is 9.50. The number of carbonyl (C=O) groups excluding carboxylic acids is 2. The van der Waals surface area contributed by atoms with E-state index in [1.54, 1.807) is 48.5 Å². The molecule has 0 saturated carbocycles. The third-order valence-corrected chi connectivity index (χ3v) is 3.11. The summed E-state index contributed by atoms with van der Waals surface area (Å²) in [7, 11) is 0. The van der Waals surface area contributed by atoms with Gasteiger partial charge >= 0.3 is 47.6 Å². The number of rotatable bonds is 5. The number of nitrogen functional groups attached to an aromatic ring is 2. The quantitative estimate of drug-likeness (QED) is 0.343. The Bertz CT molecular complexity index is 685. The molecular weight excluding hydrogens is 527 g/mol. The fraction of sp³-hybridized carbons (Fsp3) is 0.125. The van der Waals surface area contributed by atoms with Gasteiger partial charge in [-0.05, 0) is 24.3 Å². The number of para-hydroxylation sites is 2. The molecule has 0 fully saturated rings. The van der Waals surface area contributed by atoms with Gasteiger partial charge < -0.3 is 22.1 Å². The average Bonchev–Trinajstić information content (AvgIpc) is 2.58. The van der Waals surface area contributed by atoms with Crippen molar-refractivity contribution in [2.45, 2.75) is 0 Å². The van der Waals surface area contributed by atoms with Crippen LogP contribution >= 0.6 is 16.9 Å². The van der Waals surface area contributed by atoms with E-state index in [4.69, 9.17) is 28.4 Å². The molecule has 0 aliphatic rings. The van der Waals surface area contributed by atoms with Crippen molar-refractivity contribution >= 4 is 40.1 Å². The molecule has 0 spiro atoms. The predicted molar refractivity (Wildman–Crippen MR) is 104 cm³/mol. The van der Waals surface area contributed by atoms with Gasteiger partial charge in [0.1, 0.15) is 0 Å². The number of anilines is 2. The van der Waals surface area contributed by atoms with Gasteiger partial charge in [0, 0.05) is 24.5 Å². The van der Waals surface area contributed by atoms with Crippen LogP contribution in [0.2, 0.25) is 0 Å². The van der Waals surface area contributed by atoms with Crippen molar-refractivity contribution in [3.05, 3.63) is 59.7 Å². The predicted octanol–water partition coefficient (Wildman–Crippen LogP) is 3.08. The summed E-state index contributed by atoms with van der Waals surface area (Å²) in [6.45, 7) is 0.595. The van der Waals surface area contributed by atoms with Crippen LogP contribution in [-0.2, 0) is 0 Å². The zero-order chi connectivity index (χ0) is 19.5. The van der Waals surface area contributed by atoms with Crippen molar-refractivity contribution in [2.24, 2.45) is 0 Å². The molecule has 0 aromatic heterocycles. The van der Waals surface area contributed by atoms with Crippen molar-refractivity contribution in [3.8, 4) is 0 Å². The van der Waals surface area contributed by atoms with E-state index in [1.807, 2.05) is 0 Å². The SMILES string of the molecule is Nc1ccccc1C(=O)NCCNC(=O)c1ccccc1N.[Cl][Ce]([Cl])[Cl]. The van der Waals surface area contributed by atoms with Crippen LogP contribution in [0.3, 0.4) is 0 Å². The van der Waals surface area contributed by atoms with Crippen LogP contribution in [0.1, 0.15) is 20.7 Å². The summed E-state index contributed by atoms with van der Waals surface area (Å²) >= 11 is -2.24. The third-order valence-electron chi connectivity index (χ3n) is 3.11. The first kappa shape index (κ1) is 23.3. The first-order valence-electron chi connectivity index (χ1n) is 7.41. The molecule has 0 bridgehead atoms. The minimum atomic E-state index is -2.24. The summed E-state index contributed by atoms with van der Waals surface area (Å²) in [6.07, 6.45) is 0. The van der Waals surface area contributed by atoms with Gasteiger partial charge in [0.15, 0.2) is 0 Å². The second kappa shape index (κ2) is 12.6. The number of hydrogen-bond acceptors (Lipinski definition) is 4. The molecule has 2 rings (SSSR count). The van der Waals surface area contributed by atoms with Crippen LogP contribution in [0, 0.1) is 30.7 Å². The molecule has 26 heavy (non-hydrogen) atoms. The summed E-state index contributed by atoms with van der Waals surface area (Å²) in [5.74, 6) is -0.543. The number of carbonyl (C=O) groups is 2. The number of halogens is 3. The van der Waals surface area contributed by atoms with Gasteiger partial charge in [0.25, 0.3) is 11.8 Å². The van der Waals surface area contributed by atoms with Crippen LogP contribution < -0.4 is 22.1 Å². The van der Waals surface area contributed by atoms with Gasteiger partial charge in [0.05, 0.1) is 11.1 Å². The Morgan fingerprint density at radius 1 is 0.769 bits per heavy atom. The molecule has 2 aromatic carbocycles. The van der Waals surface area contributed by atoms with E-state index in [0.29, 0.717) is 35.6 Å². The first-order chi connectivity index (χ1) is 12.3. The van der Waals surface area contributed by atoms with Crippen LogP contribution in [-0.4, -0.2) is 24.9 Å². The molecule has 0 radical (unpaired) electrons. The van der Waals surface area contributed by atoms with Crippen molar-refractivity contribution in [3.63, 3.8) is 0 Å². The third kappa shape index (κ3) is 8.74. The van der Waals surface area contributed by atoms with Crippen LogP contribution in [0.15, 0.2) is 48.5 Å². The molecule has 0 aliphatic carbocycles. The van der Waals surface area contributed by atoms with E-state index in [-0.39, 0.29) is 11.8 Å². The van der Waals surface area contributed by atoms with E-state index in [1.165, 1.54) is 0 Å². The van der Waals surface area contributed by atoms with Gasteiger partial charge in [-0.15, -0.1) is 0 Å². The van der Waals surface area contributed by atoms with Crippen LogP contribution in [0.4, 0.5) is 11.4 Å². The van der Waals surface area contributed by atoms with E-state index in [2.05, 4.69) is 10.6 Å². The molecule has 6 nitrogen and oxygen atoms in total. The molecule has 139 valence electrons. The summed E-state index contributed by atoms with van der Waals surface area (Å²) in [5.41, 5.74) is 28.2. The van der Waals surface area contributed by atoms with Gasteiger partial charge in [-0.25, -0.2) is 0 Å². The Labute approximate surface area is 173 Å². The molecule has 0 atom stereocenters. The molecule has 2 aromatic rings. The molecule has 10 heteroatoms. The van der Waals surface area contributed by atoms with E-state index < -0.39 is 30.7 Å². The van der Waals surface area contributed by atoms with Crippen LogP contribution in [0.25, 0.3) is 0 Å². The molecular formula is C16H18CeCl3N4O2. The zero-order valence-corrected chi connectivity index (χ0v) is 19.0. The summed E-state index contributed by atoms with van der Waals surface area (Å²) in [6, 6.07) is 13.6. The molecule has 0 aliphatic heterocycles. The summed E-state index contributed by atoms with van der Waals surface area (Å²) < 4.78 is 0. The Hall–Kier alpha value is -0.773. The first-order valence-corrected chi connectivity index (χ1v) is 19.2. The summed E-state index contributed by atoms with van der Waals surface area (Å²) in [5, 5.41) is 5.39. The summed E-state index contributed by atoms with van der Waals surface area (Å²) in [4.78, 5) is 23.8. The number of amides is 2. The Morgan fingerprint density at radius 2 is 1.08 bits per heavy atom. The number of nitrogens with two attached hydrogens (primary N) is 2. The molecule has 0 saturated heterocycles. The molecule has 6 N–H and O–H groups in total. The van der Waals surface area contributed by atoms with Gasteiger partial charge in [-0.1, -0.05) is 24.3 Å². The Morgan fingerprint density at radius 3 is 1.38 bits per heavy atom. The number of benzene rings is 2. The van der Waals surface area contributed by atoms with Crippen molar-refractivity contribution in [2.75, 3.05) is 24.6 Å². The topological polar surface area (TPSA) is 110 Å². The molecule has 2 amide bonds. The van der Waals surface area contributed by atoms with E-state index in [9.17, 15) is 9.59 Å². The second-order valence-electron chi connectivity index (χ2n) is 4.90. The zero-order valence-electron chi connectivity index (χ0n) is 13.6. The van der Waals surface area contributed by atoms with Crippen molar-refractivity contribution < 1.29 is 40.3 Å². The van der Waals surface area contributed by atoms with Crippen LogP contribution in [0.5, 0.6) is 0 Å².